The first-order valence-corrected chi connectivity index (χ1v) is 7.17. The van der Waals surface area contributed by atoms with E-state index in [1.807, 2.05) is 7.05 Å². The van der Waals surface area contributed by atoms with Crippen LogP contribution >= 0.6 is 0 Å². The third kappa shape index (κ3) is 2.11. The Balaban J connectivity index is 2.40. The van der Waals surface area contributed by atoms with E-state index < -0.39 is 17.3 Å². The summed E-state index contributed by atoms with van der Waals surface area (Å²) >= 11 is 0. The highest BCUT2D eigenvalue weighted by atomic mass is 19.1. The number of aromatic nitrogens is 1. The van der Waals surface area contributed by atoms with Crippen LogP contribution in [0.4, 0.5) is 4.39 Å². The molecule has 0 unspecified atom stereocenters. The number of aromatic carboxylic acids is 1. The van der Waals surface area contributed by atoms with Crippen LogP contribution in [0.2, 0.25) is 0 Å². The van der Waals surface area contributed by atoms with Crippen molar-refractivity contribution in [1.29, 1.82) is 0 Å². The van der Waals surface area contributed by atoms with Crippen LogP contribution in [0.3, 0.4) is 0 Å². The molecule has 5 nitrogen and oxygen atoms in total. The molecule has 0 amide bonds. The Kier molecular flexibility index (Phi) is 3.48. The van der Waals surface area contributed by atoms with E-state index in [4.69, 9.17) is 0 Å². The maximum Gasteiger partial charge on any atom is 0.338 e. The second-order valence-corrected chi connectivity index (χ2v) is 5.81. The highest BCUT2D eigenvalue weighted by molar-refractivity contribution is 6.04. The van der Waals surface area contributed by atoms with Gasteiger partial charge in [-0.15, -0.1) is 0 Å². The van der Waals surface area contributed by atoms with Crippen LogP contribution in [0.5, 0.6) is 0 Å². The predicted molar refractivity (Wildman–Crippen MR) is 81.0 cm³/mol. The summed E-state index contributed by atoms with van der Waals surface area (Å²) < 4.78 is 15.6. The molecule has 1 aliphatic heterocycles. The molecule has 1 N–H and O–H groups in total. The Labute approximate surface area is 126 Å². The molecule has 116 valence electrons. The third-order valence-corrected chi connectivity index (χ3v) is 4.38. The summed E-state index contributed by atoms with van der Waals surface area (Å²) in [4.78, 5) is 26.5. The van der Waals surface area contributed by atoms with E-state index >= 15 is 0 Å². The number of hydrogen-bond donors (Lipinski definition) is 1. The lowest BCUT2D eigenvalue weighted by molar-refractivity contribution is 0.0697. The molecular formula is C16H17FN2O3. The van der Waals surface area contributed by atoms with Gasteiger partial charge >= 0.3 is 5.97 Å². The summed E-state index contributed by atoms with van der Waals surface area (Å²) in [6.45, 7) is 3.10. The van der Waals surface area contributed by atoms with Crippen molar-refractivity contribution >= 4 is 16.7 Å². The number of benzene rings is 1. The fraction of sp³-hybridized carbons (Fsp3) is 0.375. The predicted octanol–water partition coefficient (Wildman–Crippen LogP) is 2.02. The van der Waals surface area contributed by atoms with Gasteiger partial charge in [0, 0.05) is 17.6 Å². The van der Waals surface area contributed by atoms with Gasteiger partial charge in [0.2, 0.25) is 0 Å². The van der Waals surface area contributed by atoms with Crippen molar-refractivity contribution in [3.8, 4) is 0 Å². The zero-order chi connectivity index (χ0) is 16.0. The van der Waals surface area contributed by atoms with Gasteiger partial charge in [0.05, 0.1) is 17.0 Å². The maximum absolute atomic E-state index is 14.1. The molecule has 1 saturated heterocycles. The molecule has 2 aromatic rings. The quantitative estimate of drug-likeness (QED) is 0.922. The van der Waals surface area contributed by atoms with E-state index in [-0.39, 0.29) is 22.4 Å². The summed E-state index contributed by atoms with van der Waals surface area (Å²) in [5.41, 5.74) is -0.0598. The van der Waals surface area contributed by atoms with Crippen molar-refractivity contribution in [2.24, 2.45) is 0 Å². The Morgan fingerprint density at radius 2 is 2.14 bits per heavy atom. The van der Waals surface area contributed by atoms with Crippen LogP contribution in [-0.4, -0.2) is 40.7 Å². The van der Waals surface area contributed by atoms with Crippen LogP contribution in [0.15, 0.2) is 23.0 Å². The normalized spacial score (nSPS) is 19.0. The first-order valence-electron chi connectivity index (χ1n) is 7.17. The Morgan fingerprint density at radius 1 is 1.41 bits per heavy atom. The summed E-state index contributed by atoms with van der Waals surface area (Å²) in [5, 5.41) is 9.54. The minimum absolute atomic E-state index is 0.00338. The lowest BCUT2D eigenvalue weighted by atomic mass is 10.0. The number of nitrogens with zero attached hydrogens (tertiary/aromatic N) is 2. The van der Waals surface area contributed by atoms with Crippen molar-refractivity contribution in [1.82, 2.24) is 9.47 Å². The molecule has 6 heteroatoms. The average Bonchev–Trinajstić information content (AvgIpc) is 2.84. The first kappa shape index (κ1) is 14.7. The molecule has 0 spiro atoms. The van der Waals surface area contributed by atoms with Gasteiger partial charge in [-0.05, 0) is 33.0 Å². The second kappa shape index (κ2) is 5.21. The van der Waals surface area contributed by atoms with Crippen LogP contribution in [0, 0.1) is 12.7 Å². The number of pyridine rings is 1. The number of likely N-dealkylation sites (N-methyl/N-ethyl adjacent to an activating group) is 1. The number of carbonyl (C=O) groups is 1. The lowest BCUT2D eigenvalue weighted by Gasteiger charge is -2.20. The number of halogens is 1. The van der Waals surface area contributed by atoms with E-state index in [9.17, 15) is 19.1 Å². The van der Waals surface area contributed by atoms with Crippen LogP contribution in [0.1, 0.15) is 28.5 Å². The molecule has 0 saturated carbocycles. The summed E-state index contributed by atoms with van der Waals surface area (Å²) in [7, 11) is 1.94. The van der Waals surface area contributed by atoms with Crippen LogP contribution in [0.25, 0.3) is 10.8 Å². The molecule has 0 aliphatic carbocycles. The van der Waals surface area contributed by atoms with Gasteiger partial charge < -0.3 is 14.6 Å². The molecule has 22 heavy (non-hydrogen) atoms. The van der Waals surface area contributed by atoms with Gasteiger partial charge in [-0.1, -0.05) is 12.1 Å². The summed E-state index contributed by atoms with van der Waals surface area (Å²) in [6.07, 6.45) is 0.746. The van der Waals surface area contributed by atoms with Crippen molar-refractivity contribution < 1.29 is 14.3 Å². The molecule has 1 aliphatic rings. The van der Waals surface area contributed by atoms with Crippen molar-refractivity contribution in [3.63, 3.8) is 0 Å². The molecule has 1 atom stereocenters. The van der Waals surface area contributed by atoms with E-state index in [2.05, 4.69) is 4.90 Å². The number of hydrogen-bond acceptors (Lipinski definition) is 3. The fourth-order valence-electron chi connectivity index (χ4n) is 3.37. The van der Waals surface area contributed by atoms with Crippen LogP contribution in [-0.2, 0) is 0 Å². The van der Waals surface area contributed by atoms with Gasteiger partial charge in [0.1, 0.15) is 5.82 Å². The van der Waals surface area contributed by atoms with Crippen molar-refractivity contribution in [3.05, 3.63) is 45.6 Å². The molecule has 1 aromatic carbocycles. The topological polar surface area (TPSA) is 62.5 Å². The maximum atomic E-state index is 14.1. The highest BCUT2D eigenvalue weighted by Crippen LogP contribution is 2.27. The first-order chi connectivity index (χ1) is 10.4. The van der Waals surface area contributed by atoms with Crippen LogP contribution < -0.4 is 5.56 Å². The number of fused-ring (bicyclic) bond motifs is 1. The number of likely N-dealkylation sites (tertiary alicyclic amines) is 1. The zero-order valence-corrected chi connectivity index (χ0v) is 12.5. The molecule has 0 bridgehead atoms. The SMILES string of the molecule is Cc1c(C(=O)O)c2cccc(F)c2c(=O)n1[C@@H]1CCN(C)C1. The largest absolute Gasteiger partial charge is 0.478 e. The number of carboxylic acids is 1. The van der Waals surface area contributed by atoms with E-state index in [1.54, 1.807) is 6.92 Å². The molecule has 1 fully saturated rings. The van der Waals surface area contributed by atoms with Crippen molar-refractivity contribution in [2.45, 2.75) is 19.4 Å². The Morgan fingerprint density at radius 3 is 2.73 bits per heavy atom. The van der Waals surface area contributed by atoms with E-state index in [1.165, 1.54) is 22.8 Å². The summed E-state index contributed by atoms with van der Waals surface area (Å²) in [6, 6.07) is 3.98. The van der Waals surface area contributed by atoms with Gasteiger partial charge in [0.15, 0.2) is 0 Å². The van der Waals surface area contributed by atoms with Crippen molar-refractivity contribution in [2.75, 3.05) is 20.1 Å². The molecule has 1 aromatic heterocycles. The zero-order valence-electron chi connectivity index (χ0n) is 12.5. The number of carboxylic acid groups (broad SMARTS) is 1. The minimum atomic E-state index is -1.15. The fourth-order valence-corrected chi connectivity index (χ4v) is 3.37. The third-order valence-electron chi connectivity index (χ3n) is 4.38. The van der Waals surface area contributed by atoms with E-state index in [0.29, 0.717) is 12.2 Å². The molecule has 0 radical (unpaired) electrons. The van der Waals surface area contributed by atoms with Gasteiger partial charge in [-0.25, -0.2) is 9.18 Å². The Hall–Kier alpha value is -2.21. The Bertz CT molecular complexity index is 828. The lowest BCUT2D eigenvalue weighted by Crippen LogP contribution is -2.31. The second-order valence-electron chi connectivity index (χ2n) is 5.81. The molecule has 3 rings (SSSR count). The summed E-state index contributed by atoms with van der Waals surface area (Å²) in [5.74, 6) is -1.82. The smallest absolute Gasteiger partial charge is 0.338 e. The van der Waals surface area contributed by atoms with Gasteiger partial charge in [0.25, 0.3) is 5.56 Å². The van der Waals surface area contributed by atoms with E-state index in [0.717, 1.165) is 13.0 Å². The molecule has 2 heterocycles. The highest BCUT2D eigenvalue weighted by Gasteiger charge is 2.28. The standard InChI is InChI=1S/C16H17FN2O3/c1-9-13(16(21)22)11-4-3-5-12(17)14(11)15(20)19(9)10-6-7-18(2)8-10/h3-5,10H,6-8H2,1-2H3,(H,21,22)/t10-/m1/s1. The molecular weight excluding hydrogens is 287 g/mol. The monoisotopic (exact) mass is 304 g/mol. The van der Waals surface area contributed by atoms with Gasteiger partial charge in [-0.2, -0.15) is 0 Å². The van der Waals surface area contributed by atoms with Gasteiger partial charge in [-0.3, -0.25) is 4.79 Å². The number of rotatable bonds is 2. The average molecular weight is 304 g/mol. The minimum Gasteiger partial charge on any atom is -0.478 e.